The zero-order valence-corrected chi connectivity index (χ0v) is 9.27. The summed E-state index contributed by atoms with van der Waals surface area (Å²) in [7, 11) is 1.27. The number of hydrogen-bond acceptors (Lipinski definition) is 1. The zero-order valence-electron chi connectivity index (χ0n) is 7.27. The normalized spacial score (nSPS) is 21.0. The molecule has 60 valence electrons. The molecule has 0 aromatic carbocycles. The predicted molar refractivity (Wildman–Crippen MR) is 49.2 cm³/mol. The molecule has 0 radical (unpaired) electrons. The van der Waals surface area contributed by atoms with Crippen LogP contribution in [0.2, 0.25) is 0 Å². The average Bonchev–Trinajstić information content (AvgIpc) is 2.38. The molecule has 0 saturated heterocycles. The van der Waals surface area contributed by atoms with E-state index in [1.807, 2.05) is 0 Å². The van der Waals surface area contributed by atoms with Crippen molar-refractivity contribution in [3.8, 4) is 0 Å². The second-order valence-corrected chi connectivity index (χ2v) is 4.57. The third-order valence-electron chi connectivity index (χ3n) is 2.52. The van der Waals surface area contributed by atoms with E-state index in [0.717, 1.165) is 6.04 Å². The highest BCUT2D eigenvalue weighted by atomic mass is 28.2. The van der Waals surface area contributed by atoms with Gasteiger partial charge in [0, 0.05) is 6.04 Å². The molecule has 0 bridgehead atoms. The van der Waals surface area contributed by atoms with Crippen LogP contribution in [0.5, 0.6) is 0 Å². The van der Waals surface area contributed by atoms with Crippen LogP contribution in [0.3, 0.4) is 0 Å². The van der Waals surface area contributed by atoms with E-state index >= 15 is 0 Å². The van der Waals surface area contributed by atoms with Gasteiger partial charge in [0.05, 0.1) is 10.4 Å². The lowest BCUT2D eigenvalue weighted by Crippen LogP contribution is -2.31. The Morgan fingerprint density at radius 2 is 2.00 bits per heavy atom. The number of hydrogen-bond donors (Lipinski definition) is 0. The molecule has 2 heteroatoms. The van der Waals surface area contributed by atoms with Gasteiger partial charge in [-0.15, -0.1) is 0 Å². The Bertz CT molecular complexity index is 89.3. The van der Waals surface area contributed by atoms with Crippen LogP contribution in [0, 0.1) is 0 Å². The first kappa shape index (κ1) is 8.28. The Morgan fingerprint density at radius 1 is 1.40 bits per heavy atom. The van der Waals surface area contributed by atoms with E-state index in [2.05, 4.69) is 11.5 Å². The van der Waals surface area contributed by atoms with E-state index < -0.39 is 0 Å². The van der Waals surface area contributed by atoms with Gasteiger partial charge in [0.1, 0.15) is 0 Å². The summed E-state index contributed by atoms with van der Waals surface area (Å²) in [6.45, 7) is 3.62. The van der Waals surface area contributed by atoms with Crippen LogP contribution in [0.4, 0.5) is 0 Å². The Labute approximate surface area is 67.3 Å². The Balaban J connectivity index is 2.18. The summed E-state index contributed by atoms with van der Waals surface area (Å²) in [5, 5.41) is 0. The van der Waals surface area contributed by atoms with Crippen LogP contribution in [0.25, 0.3) is 0 Å². The molecule has 0 unspecified atom stereocenters. The molecule has 0 aliphatic heterocycles. The monoisotopic (exact) mass is 157 g/mol. The Hall–Kier alpha value is 0.177. The van der Waals surface area contributed by atoms with Crippen molar-refractivity contribution in [2.45, 2.75) is 45.1 Å². The fraction of sp³-hybridized carbons (Fsp3) is 1.00. The smallest absolute Gasteiger partial charge is 0.0787 e. The molecular formula is C8H19NSi. The van der Waals surface area contributed by atoms with Gasteiger partial charge >= 0.3 is 0 Å². The molecule has 0 aromatic rings. The Morgan fingerprint density at radius 3 is 2.50 bits per heavy atom. The van der Waals surface area contributed by atoms with Crippen molar-refractivity contribution >= 4 is 10.4 Å². The van der Waals surface area contributed by atoms with E-state index in [-0.39, 0.29) is 0 Å². The summed E-state index contributed by atoms with van der Waals surface area (Å²) >= 11 is 0. The maximum atomic E-state index is 2.66. The molecule has 0 N–H and O–H groups in total. The maximum absolute atomic E-state index is 2.66. The average molecular weight is 157 g/mol. The molecule has 0 atom stereocenters. The first-order valence-corrected chi connectivity index (χ1v) is 5.44. The molecule has 0 amide bonds. The molecule has 0 spiro atoms. The summed E-state index contributed by atoms with van der Waals surface area (Å²) in [6, 6.07) is 0.978. The predicted octanol–water partition coefficient (Wildman–Crippen LogP) is 0.921. The third kappa shape index (κ3) is 2.10. The minimum atomic E-state index is 0.978. The van der Waals surface area contributed by atoms with Crippen LogP contribution in [-0.4, -0.2) is 27.6 Å². The van der Waals surface area contributed by atoms with Crippen LogP contribution >= 0.6 is 0 Å². The van der Waals surface area contributed by atoms with E-state index in [0.29, 0.717) is 0 Å². The van der Waals surface area contributed by atoms with Gasteiger partial charge in [-0.3, -0.25) is 0 Å². The molecular weight excluding hydrogens is 138 g/mol. The van der Waals surface area contributed by atoms with Gasteiger partial charge in [0.2, 0.25) is 0 Å². The van der Waals surface area contributed by atoms with E-state index in [4.69, 9.17) is 0 Å². The summed E-state index contributed by atoms with van der Waals surface area (Å²) in [5.41, 5.74) is 0. The van der Waals surface area contributed by atoms with Gasteiger partial charge in [0.15, 0.2) is 0 Å². The molecule has 1 saturated carbocycles. The van der Waals surface area contributed by atoms with Crippen molar-refractivity contribution in [2.24, 2.45) is 0 Å². The van der Waals surface area contributed by atoms with E-state index in [1.54, 1.807) is 0 Å². The van der Waals surface area contributed by atoms with Gasteiger partial charge in [-0.25, -0.2) is 0 Å². The highest BCUT2D eigenvalue weighted by Gasteiger charge is 2.17. The summed E-state index contributed by atoms with van der Waals surface area (Å²) in [6.07, 6.45) is 7.24. The second-order valence-electron chi connectivity index (χ2n) is 3.42. The molecule has 1 fully saturated rings. The lowest BCUT2D eigenvalue weighted by atomic mass is 10.2. The van der Waals surface area contributed by atoms with Crippen molar-refractivity contribution < 1.29 is 0 Å². The van der Waals surface area contributed by atoms with Gasteiger partial charge < -0.3 is 4.57 Å². The lowest BCUT2D eigenvalue weighted by molar-refractivity contribution is 0.342. The van der Waals surface area contributed by atoms with Gasteiger partial charge in [0.25, 0.3) is 0 Å². The molecule has 1 nitrogen and oxygen atoms in total. The third-order valence-corrected chi connectivity index (χ3v) is 3.70. The molecule has 1 aliphatic rings. The fourth-order valence-electron chi connectivity index (χ4n) is 1.88. The number of rotatable bonds is 3. The van der Waals surface area contributed by atoms with Crippen molar-refractivity contribution in [3.05, 3.63) is 0 Å². The summed E-state index contributed by atoms with van der Waals surface area (Å²) in [5.74, 6) is 0. The quantitative estimate of drug-likeness (QED) is 0.551. The maximum Gasteiger partial charge on any atom is 0.0787 e. The highest BCUT2D eigenvalue weighted by Crippen LogP contribution is 2.21. The van der Waals surface area contributed by atoms with Gasteiger partial charge in [-0.1, -0.05) is 19.8 Å². The first-order chi connectivity index (χ1) is 4.84. The molecule has 0 heterocycles. The topological polar surface area (TPSA) is 3.24 Å². The number of nitrogens with zero attached hydrogens (tertiary/aromatic N) is 1. The molecule has 1 rings (SSSR count). The van der Waals surface area contributed by atoms with Crippen LogP contribution in [0.15, 0.2) is 0 Å². The fourth-order valence-corrected chi connectivity index (χ4v) is 2.84. The first-order valence-electron chi connectivity index (χ1n) is 4.55. The van der Waals surface area contributed by atoms with Crippen LogP contribution < -0.4 is 0 Å². The van der Waals surface area contributed by atoms with E-state index in [1.165, 1.54) is 49.1 Å². The minimum absolute atomic E-state index is 0.978. The molecule has 0 aromatic heterocycles. The SMILES string of the molecule is CCCN([SiH3])C1CCCC1. The van der Waals surface area contributed by atoms with Gasteiger partial charge in [-0.05, 0) is 25.8 Å². The Kier molecular flexibility index (Phi) is 3.42. The molecule has 1 aliphatic carbocycles. The lowest BCUT2D eigenvalue weighted by Gasteiger charge is -2.23. The largest absolute Gasteiger partial charge is 0.329 e. The summed E-state index contributed by atoms with van der Waals surface area (Å²) < 4.78 is 2.66. The van der Waals surface area contributed by atoms with Crippen molar-refractivity contribution in [2.75, 3.05) is 6.54 Å². The van der Waals surface area contributed by atoms with E-state index in [9.17, 15) is 0 Å². The zero-order chi connectivity index (χ0) is 7.40. The summed E-state index contributed by atoms with van der Waals surface area (Å²) in [4.78, 5) is 0. The second kappa shape index (κ2) is 4.14. The van der Waals surface area contributed by atoms with Crippen molar-refractivity contribution in [3.63, 3.8) is 0 Å². The van der Waals surface area contributed by atoms with Crippen LogP contribution in [-0.2, 0) is 0 Å². The van der Waals surface area contributed by atoms with Crippen molar-refractivity contribution in [1.29, 1.82) is 0 Å². The highest BCUT2D eigenvalue weighted by molar-refractivity contribution is 6.04. The minimum Gasteiger partial charge on any atom is -0.329 e. The standard InChI is InChI=1S/C8H19NSi/c1-2-7-9(10)8-5-3-4-6-8/h8H,2-7H2,1,10H3. The van der Waals surface area contributed by atoms with Crippen molar-refractivity contribution in [1.82, 2.24) is 4.57 Å². The van der Waals surface area contributed by atoms with Crippen LogP contribution in [0.1, 0.15) is 39.0 Å². The van der Waals surface area contributed by atoms with Gasteiger partial charge in [-0.2, -0.15) is 0 Å². The molecule has 10 heavy (non-hydrogen) atoms.